The van der Waals surface area contributed by atoms with E-state index >= 15 is 0 Å². The van der Waals surface area contributed by atoms with Gasteiger partial charge in [0.15, 0.2) is 0 Å². The lowest BCUT2D eigenvalue weighted by Gasteiger charge is -2.38. The Balaban J connectivity index is 1.94. The lowest BCUT2D eigenvalue weighted by molar-refractivity contribution is 0.248. The lowest BCUT2D eigenvalue weighted by atomic mass is 9.66. The van der Waals surface area contributed by atoms with Gasteiger partial charge >= 0.3 is 0 Å². The summed E-state index contributed by atoms with van der Waals surface area (Å²) in [6.45, 7) is 4.88. The molecular weight excluding hydrogens is 244 g/mol. The van der Waals surface area contributed by atoms with Crippen LogP contribution in [0.1, 0.15) is 50.2 Å². The van der Waals surface area contributed by atoms with Gasteiger partial charge in [0.25, 0.3) is 0 Å². The van der Waals surface area contributed by atoms with E-state index in [0.29, 0.717) is 17.1 Å². The second kappa shape index (κ2) is 4.00. The maximum absolute atomic E-state index is 9.81. The van der Waals surface area contributed by atoms with Gasteiger partial charge in [-0.15, -0.1) is 0 Å². The molecule has 0 bridgehead atoms. The minimum absolute atomic E-state index is 0.388. The third-order valence-electron chi connectivity index (χ3n) is 5.77. The molecule has 2 aliphatic carbocycles. The quantitative estimate of drug-likeness (QED) is 0.710. The van der Waals surface area contributed by atoms with Crippen LogP contribution in [0.25, 0.3) is 10.8 Å². The Kier molecular flexibility index (Phi) is 2.45. The SMILES string of the molecule is C[C@@H]1C[C@H]2c3ccc4ccc(O)cc4c3CC[C@]2(C)C1. The fourth-order valence-corrected chi connectivity index (χ4v) is 4.89. The van der Waals surface area contributed by atoms with Crippen molar-refractivity contribution in [2.75, 3.05) is 0 Å². The Morgan fingerprint density at radius 2 is 2.00 bits per heavy atom. The van der Waals surface area contributed by atoms with Gasteiger partial charge < -0.3 is 5.11 Å². The molecule has 20 heavy (non-hydrogen) atoms. The van der Waals surface area contributed by atoms with E-state index < -0.39 is 0 Å². The third-order valence-corrected chi connectivity index (χ3v) is 5.77. The number of benzene rings is 2. The van der Waals surface area contributed by atoms with Crippen LogP contribution in [-0.4, -0.2) is 5.11 Å². The van der Waals surface area contributed by atoms with E-state index in [1.807, 2.05) is 12.1 Å². The Morgan fingerprint density at radius 3 is 2.85 bits per heavy atom. The number of rotatable bonds is 0. The van der Waals surface area contributed by atoms with Gasteiger partial charge in [-0.25, -0.2) is 0 Å². The van der Waals surface area contributed by atoms with Crippen LogP contribution in [0.2, 0.25) is 0 Å². The summed E-state index contributed by atoms with van der Waals surface area (Å²) in [5, 5.41) is 12.3. The summed E-state index contributed by atoms with van der Waals surface area (Å²) in [6.07, 6.45) is 5.16. The van der Waals surface area contributed by atoms with Crippen LogP contribution in [0.5, 0.6) is 5.75 Å². The van der Waals surface area contributed by atoms with Crippen LogP contribution in [0.4, 0.5) is 0 Å². The van der Waals surface area contributed by atoms with Crippen molar-refractivity contribution in [1.29, 1.82) is 0 Å². The number of aryl methyl sites for hydroxylation is 1. The van der Waals surface area contributed by atoms with Gasteiger partial charge in [0.1, 0.15) is 5.75 Å². The van der Waals surface area contributed by atoms with E-state index in [-0.39, 0.29) is 0 Å². The first-order chi connectivity index (χ1) is 9.57. The maximum Gasteiger partial charge on any atom is 0.116 e. The highest BCUT2D eigenvalue weighted by Crippen LogP contribution is 2.58. The van der Waals surface area contributed by atoms with E-state index in [2.05, 4.69) is 26.0 Å². The minimum Gasteiger partial charge on any atom is -0.508 e. The van der Waals surface area contributed by atoms with Crippen LogP contribution in [0.15, 0.2) is 30.3 Å². The standard InChI is InChI=1S/C19H22O/c1-12-9-18-16-6-4-13-3-5-14(20)10-17(13)15(16)7-8-19(18,2)11-12/h3-6,10,12,18,20H,7-9,11H2,1-2H3/t12-,18+,19-/m1/s1. The summed E-state index contributed by atoms with van der Waals surface area (Å²) in [5.41, 5.74) is 3.55. The molecule has 0 spiro atoms. The molecule has 1 saturated carbocycles. The number of hydrogen-bond donors (Lipinski definition) is 1. The van der Waals surface area contributed by atoms with Crippen LogP contribution >= 0.6 is 0 Å². The smallest absolute Gasteiger partial charge is 0.116 e. The van der Waals surface area contributed by atoms with Crippen molar-refractivity contribution in [3.05, 3.63) is 41.5 Å². The predicted molar refractivity (Wildman–Crippen MR) is 83.2 cm³/mol. The number of phenolic OH excluding ortho intramolecular Hbond substituents is 1. The first-order valence-corrected chi connectivity index (χ1v) is 7.81. The van der Waals surface area contributed by atoms with Gasteiger partial charge in [0.2, 0.25) is 0 Å². The second-order valence-electron chi connectivity index (χ2n) is 7.29. The minimum atomic E-state index is 0.388. The van der Waals surface area contributed by atoms with Crippen LogP contribution in [0.3, 0.4) is 0 Å². The molecule has 104 valence electrons. The van der Waals surface area contributed by atoms with Gasteiger partial charge in [-0.3, -0.25) is 0 Å². The monoisotopic (exact) mass is 266 g/mol. The normalized spacial score (nSPS) is 32.1. The molecule has 1 nitrogen and oxygen atoms in total. The van der Waals surface area contributed by atoms with Gasteiger partial charge in [-0.05, 0) is 77.0 Å². The van der Waals surface area contributed by atoms with Crippen molar-refractivity contribution >= 4 is 10.8 Å². The van der Waals surface area contributed by atoms with Gasteiger partial charge in [0.05, 0.1) is 0 Å². The molecule has 1 N–H and O–H groups in total. The molecule has 2 aromatic rings. The molecule has 0 aromatic heterocycles. The van der Waals surface area contributed by atoms with Crippen LogP contribution in [0, 0.1) is 11.3 Å². The summed E-state index contributed by atoms with van der Waals surface area (Å²) >= 11 is 0. The molecule has 0 aliphatic heterocycles. The Morgan fingerprint density at radius 1 is 1.20 bits per heavy atom. The zero-order valence-corrected chi connectivity index (χ0v) is 12.3. The highest BCUT2D eigenvalue weighted by Gasteiger charge is 2.45. The topological polar surface area (TPSA) is 20.2 Å². The Hall–Kier alpha value is -1.50. The van der Waals surface area contributed by atoms with Crippen molar-refractivity contribution in [1.82, 2.24) is 0 Å². The van der Waals surface area contributed by atoms with Crippen molar-refractivity contribution in [2.45, 2.75) is 45.4 Å². The molecule has 2 aliphatic rings. The number of phenols is 1. The molecule has 0 radical (unpaired) electrons. The fraction of sp³-hybridized carbons (Fsp3) is 0.474. The molecule has 4 rings (SSSR count). The van der Waals surface area contributed by atoms with E-state index in [0.717, 1.165) is 12.3 Å². The first-order valence-electron chi connectivity index (χ1n) is 7.81. The molecule has 0 heterocycles. The lowest BCUT2D eigenvalue weighted by Crippen LogP contribution is -2.26. The summed E-state index contributed by atoms with van der Waals surface area (Å²) in [7, 11) is 0. The molecular formula is C19H22O. The predicted octanol–water partition coefficient (Wildman–Crippen LogP) is 5.01. The second-order valence-corrected chi connectivity index (χ2v) is 7.29. The largest absolute Gasteiger partial charge is 0.508 e. The van der Waals surface area contributed by atoms with Crippen LogP contribution < -0.4 is 0 Å². The van der Waals surface area contributed by atoms with E-state index in [4.69, 9.17) is 0 Å². The highest BCUT2D eigenvalue weighted by molar-refractivity contribution is 5.88. The van der Waals surface area contributed by atoms with Crippen molar-refractivity contribution in [3.63, 3.8) is 0 Å². The molecule has 1 fully saturated rings. The Bertz CT molecular complexity index is 687. The summed E-state index contributed by atoms with van der Waals surface area (Å²) in [5.74, 6) is 1.95. The third kappa shape index (κ3) is 1.62. The zero-order chi connectivity index (χ0) is 13.9. The first kappa shape index (κ1) is 12.3. The summed E-state index contributed by atoms with van der Waals surface area (Å²) < 4.78 is 0. The average Bonchev–Trinajstić information content (AvgIpc) is 2.72. The fourth-order valence-electron chi connectivity index (χ4n) is 4.89. The van der Waals surface area contributed by atoms with E-state index in [9.17, 15) is 5.11 Å². The molecule has 0 saturated heterocycles. The van der Waals surface area contributed by atoms with Gasteiger partial charge in [-0.2, -0.15) is 0 Å². The molecule has 0 amide bonds. The maximum atomic E-state index is 9.81. The molecule has 0 unspecified atom stereocenters. The van der Waals surface area contributed by atoms with Gasteiger partial charge in [0, 0.05) is 0 Å². The van der Waals surface area contributed by atoms with Crippen molar-refractivity contribution in [3.8, 4) is 5.75 Å². The van der Waals surface area contributed by atoms with Crippen LogP contribution in [-0.2, 0) is 6.42 Å². The molecule has 2 aromatic carbocycles. The van der Waals surface area contributed by atoms with Crippen molar-refractivity contribution < 1.29 is 5.11 Å². The number of aromatic hydroxyl groups is 1. The summed E-state index contributed by atoms with van der Waals surface area (Å²) in [4.78, 5) is 0. The van der Waals surface area contributed by atoms with Gasteiger partial charge in [-0.1, -0.05) is 32.0 Å². The molecule has 1 heteroatoms. The van der Waals surface area contributed by atoms with E-state index in [1.165, 1.54) is 35.6 Å². The average molecular weight is 266 g/mol. The summed E-state index contributed by atoms with van der Waals surface area (Å²) in [6, 6.07) is 10.4. The zero-order valence-electron chi connectivity index (χ0n) is 12.3. The van der Waals surface area contributed by atoms with Crippen molar-refractivity contribution in [2.24, 2.45) is 11.3 Å². The Labute approximate surface area is 120 Å². The van der Waals surface area contributed by atoms with E-state index in [1.54, 1.807) is 11.6 Å². The highest BCUT2D eigenvalue weighted by atomic mass is 16.3. The number of fused-ring (bicyclic) bond motifs is 5. The molecule has 3 atom stereocenters. The number of hydrogen-bond acceptors (Lipinski definition) is 1.